The maximum Gasteiger partial charge on any atom is 0.123 e. The molecular weight excluding hydrogens is 265 g/mol. The number of hydrogen-bond acceptors (Lipinski definition) is 2. The summed E-state index contributed by atoms with van der Waals surface area (Å²) in [6, 6.07) is 15.4. The Labute approximate surface area is 124 Å². The smallest absolute Gasteiger partial charge is 0.123 e. The quantitative estimate of drug-likeness (QED) is 0.883. The third kappa shape index (κ3) is 3.49. The minimum absolute atomic E-state index is 0.0889. The first kappa shape index (κ1) is 14.2. The van der Waals surface area contributed by atoms with Crippen LogP contribution in [0.4, 0.5) is 4.39 Å². The fraction of sp³-hybridized carbons (Fsp3) is 0.333. The lowest BCUT2D eigenvalue weighted by Gasteiger charge is -2.36. The Morgan fingerprint density at radius 1 is 1.05 bits per heavy atom. The molecule has 0 bridgehead atoms. The van der Waals surface area contributed by atoms with E-state index < -0.39 is 0 Å². The van der Waals surface area contributed by atoms with Crippen LogP contribution in [0.25, 0.3) is 0 Å². The van der Waals surface area contributed by atoms with Gasteiger partial charge in [0.1, 0.15) is 5.82 Å². The first-order valence-electron chi connectivity index (χ1n) is 7.42. The molecule has 0 radical (unpaired) electrons. The second-order valence-corrected chi connectivity index (χ2v) is 5.78. The molecule has 0 atom stereocenters. The monoisotopic (exact) mass is 285 g/mol. The van der Waals surface area contributed by atoms with Gasteiger partial charge in [0.2, 0.25) is 0 Å². The van der Waals surface area contributed by atoms with Crippen molar-refractivity contribution in [2.24, 2.45) is 0 Å². The summed E-state index contributed by atoms with van der Waals surface area (Å²) in [5.41, 5.74) is 3.27. The molecule has 21 heavy (non-hydrogen) atoms. The largest absolute Gasteiger partial charge is 0.392 e. The van der Waals surface area contributed by atoms with Gasteiger partial charge in [0.15, 0.2) is 0 Å². The highest BCUT2D eigenvalue weighted by Gasteiger charge is 2.29. The molecule has 2 aromatic rings. The van der Waals surface area contributed by atoms with E-state index in [9.17, 15) is 4.39 Å². The summed E-state index contributed by atoms with van der Waals surface area (Å²) in [7, 11) is 0. The molecule has 0 unspecified atom stereocenters. The highest BCUT2D eigenvalue weighted by Crippen LogP contribution is 2.37. The van der Waals surface area contributed by atoms with Gasteiger partial charge >= 0.3 is 0 Å². The maximum atomic E-state index is 13.2. The van der Waals surface area contributed by atoms with Crippen LogP contribution in [0.1, 0.15) is 35.4 Å². The molecule has 1 aliphatic carbocycles. The molecule has 0 heterocycles. The number of hydrogen-bond donors (Lipinski definition) is 2. The fourth-order valence-electron chi connectivity index (χ4n) is 2.84. The number of halogens is 1. The highest BCUT2D eigenvalue weighted by atomic mass is 19.1. The first-order valence-corrected chi connectivity index (χ1v) is 7.42. The molecule has 3 heteroatoms. The summed E-state index contributed by atoms with van der Waals surface area (Å²) in [4.78, 5) is 0. The lowest BCUT2D eigenvalue weighted by molar-refractivity contribution is 0.281. The molecule has 0 saturated heterocycles. The Morgan fingerprint density at radius 3 is 2.43 bits per heavy atom. The van der Waals surface area contributed by atoms with Gasteiger partial charge in [-0.05, 0) is 47.6 Å². The van der Waals surface area contributed by atoms with Crippen molar-refractivity contribution in [3.8, 4) is 0 Å². The van der Waals surface area contributed by atoms with Crippen LogP contribution in [0, 0.1) is 5.82 Å². The van der Waals surface area contributed by atoms with E-state index in [4.69, 9.17) is 5.11 Å². The zero-order chi connectivity index (χ0) is 14.7. The minimum Gasteiger partial charge on any atom is -0.392 e. The molecule has 2 N–H and O–H groups in total. The Hall–Kier alpha value is -1.71. The van der Waals surface area contributed by atoms with Crippen LogP contribution in [-0.2, 0) is 13.2 Å². The second kappa shape index (κ2) is 6.37. The third-order valence-corrected chi connectivity index (χ3v) is 4.26. The van der Waals surface area contributed by atoms with Crippen molar-refractivity contribution < 1.29 is 9.50 Å². The van der Waals surface area contributed by atoms with Gasteiger partial charge in [-0.3, -0.25) is 0 Å². The van der Waals surface area contributed by atoms with Gasteiger partial charge in [-0.2, -0.15) is 0 Å². The summed E-state index contributed by atoms with van der Waals surface area (Å²) in [6.45, 7) is 0.928. The van der Waals surface area contributed by atoms with Crippen LogP contribution < -0.4 is 5.32 Å². The van der Waals surface area contributed by atoms with E-state index in [1.165, 1.54) is 11.6 Å². The van der Waals surface area contributed by atoms with Crippen molar-refractivity contribution in [1.82, 2.24) is 5.32 Å². The number of aliphatic hydroxyl groups is 1. The number of rotatable bonds is 5. The van der Waals surface area contributed by atoms with Crippen molar-refractivity contribution in [1.29, 1.82) is 0 Å². The topological polar surface area (TPSA) is 32.3 Å². The van der Waals surface area contributed by atoms with Crippen LogP contribution in [0.15, 0.2) is 48.5 Å². The predicted molar refractivity (Wildman–Crippen MR) is 81.4 cm³/mol. The van der Waals surface area contributed by atoms with Gasteiger partial charge in [0.05, 0.1) is 6.61 Å². The van der Waals surface area contributed by atoms with Crippen molar-refractivity contribution in [3.63, 3.8) is 0 Å². The van der Waals surface area contributed by atoms with Gasteiger partial charge in [-0.25, -0.2) is 4.39 Å². The maximum absolute atomic E-state index is 13.2. The van der Waals surface area contributed by atoms with E-state index in [0.717, 1.165) is 30.5 Å². The molecular formula is C18H20FNO. The van der Waals surface area contributed by atoms with Crippen LogP contribution in [0.3, 0.4) is 0 Å². The van der Waals surface area contributed by atoms with E-state index in [-0.39, 0.29) is 12.4 Å². The van der Waals surface area contributed by atoms with Crippen LogP contribution in [-0.4, -0.2) is 11.1 Å². The third-order valence-electron chi connectivity index (χ3n) is 4.26. The zero-order valence-corrected chi connectivity index (χ0v) is 11.9. The Balaban J connectivity index is 1.46. The van der Waals surface area contributed by atoms with E-state index in [0.29, 0.717) is 12.0 Å². The van der Waals surface area contributed by atoms with E-state index in [2.05, 4.69) is 5.32 Å². The van der Waals surface area contributed by atoms with Gasteiger partial charge in [0, 0.05) is 12.6 Å². The van der Waals surface area contributed by atoms with E-state index >= 15 is 0 Å². The number of nitrogens with one attached hydrogen (secondary N) is 1. The summed E-state index contributed by atoms with van der Waals surface area (Å²) < 4.78 is 13.2. The molecule has 0 aromatic heterocycles. The fourth-order valence-corrected chi connectivity index (χ4v) is 2.84. The van der Waals surface area contributed by atoms with Crippen molar-refractivity contribution >= 4 is 0 Å². The summed E-state index contributed by atoms with van der Waals surface area (Å²) >= 11 is 0. The minimum atomic E-state index is -0.145. The van der Waals surface area contributed by atoms with Gasteiger partial charge in [-0.15, -0.1) is 0 Å². The first-order chi connectivity index (χ1) is 10.2. The molecule has 1 saturated carbocycles. The Kier molecular flexibility index (Phi) is 4.32. The van der Waals surface area contributed by atoms with Crippen molar-refractivity contribution in [2.75, 3.05) is 0 Å². The van der Waals surface area contributed by atoms with Crippen LogP contribution >= 0.6 is 0 Å². The lowest BCUT2D eigenvalue weighted by atomic mass is 9.76. The molecule has 1 aliphatic rings. The van der Waals surface area contributed by atoms with E-state index in [1.54, 1.807) is 12.1 Å². The number of benzene rings is 2. The SMILES string of the molecule is OCc1ccc(CNC2CC(c3cccc(F)c3)C2)cc1. The highest BCUT2D eigenvalue weighted by molar-refractivity contribution is 5.25. The second-order valence-electron chi connectivity index (χ2n) is 5.78. The normalized spacial score (nSPS) is 21.0. The van der Waals surface area contributed by atoms with Crippen molar-refractivity contribution in [3.05, 3.63) is 71.0 Å². The van der Waals surface area contributed by atoms with Crippen LogP contribution in [0.5, 0.6) is 0 Å². The number of aliphatic hydroxyl groups excluding tert-OH is 1. The molecule has 0 aliphatic heterocycles. The molecule has 0 spiro atoms. The summed E-state index contributed by atoms with van der Waals surface area (Å²) in [5.74, 6) is 0.336. The molecule has 110 valence electrons. The average molecular weight is 285 g/mol. The zero-order valence-electron chi connectivity index (χ0n) is 11.9. The van der Waals surface area contributed by atoms with E-state index in [1.807, 2.05) is 30.3 Å². The van der Waals surface area contributed by atoms with Gasteiger partial charge < -0.3 is 10.4 Å². The lowest BCUT2D eigenvalue weighted by Crippen LogP contribution is -2.39. The summed E-state index contributed by atoms with van der Waals surface area (Å²) in [5, 5.41) is 12.5. The van der Waals surface area contributed by atoms with Crippen molar-refractivity contribution in [2.45, 2.75) is 38.0 Å². The Bertz CT molecular complexity index is 590. The predicted octanol–water partition coefficient (Wildman–Crippen LogP) is 3.35. The van der Waals surface area contributed by atoms with Gasteiger partial charge in [0.25, 0.3) is 0 Å². The molecule has 1 fully saturated rings. The molecule has 3 rings (SSSR count). The molecule has 0 amide bonds. The van der Waals surface area contributed by atoms with Crippen LogP contribution in [0.2, 0.25) is 0 Å². The molecule has 2 nitrogen and oxygen atoms in total. The van der Waals surface area contributed by atoms with Gasteiger partial charge in [-0.1, -0.05) is 36.4 Å². The summed E-state index contributed by atoms with van der Waals surface area (Å²) in [6.07, 6.45) is 2.14. The standard InChI is InChI=1S/C18H20FNO/c19-17-3-1-2-15(8-17)16-9-18(10-16)20-11-13-4-6-14(12-21)7-5-13/h1-8,16,18,20-21H,9-12H2. The molecule has 2 aromatic carbocycles. The average Bonchev–Trinajstić information content (AvgIpc) is 2.46. The Morgan fingerprint density at radius 2 is 1.76 bits per heavy atom.